The minimum absolute atomic E-state index is 0.476. The minimum atomic E-state index is 0.476. The Bertz CT molecular complexity index is 382. The van der Waals surface area contributed by atoms with Crippen molar-refractivity contribution in [1.82, 2.24) is 4.98 Å². The van der Waals surface area contributed by atoms with Crippen molar-refractivity contribution in [2.75, 3.05) is 0 Å². The summed E-state index contributed by atoms with van der Waals surface area (Å²) >= 11 is 0. The Morgan fingerprint density at radius 3 is 3.00 bits per heavy atom. The highest BCUT2D eigenvalue weighted by Crippen LogP contribution is 2.22. The fraction of sp³-hybridized carbons (Fsp3) is 0.100. The van der Waals surface area contributed by atoms with E-state index in [1.165, 1.54) is 0 Å². The molecule has 0 atom stereocenters. The summed E-state index contributed by atoms with van der Waals surface area (Å²) in [6, 6.07) is 5.67. The van der Waals surface area contributed by atoms with Gasteiger partial charge in [-0.05, 0) is 23.8 Å². The number of hydrogen-bond donors (Lipinski definition) is 1. The Hall–Kier alpha value is -1.61. The molecule has 0 saturated carbocycles. The molecule has 0 saturated heterocycles. The van der Waals surface area contributed by atoms with Crippen molar-refractivity contribution in [3.05, 3.63) is 42.4 Å². The van der Waals surface area contributed by atoms with Crippen molar-refractivity contribution in [3.8, 4) is 11.3 Å². The van der Waals surface area contributed by atoms with Gasteiger partial charge in [-0.3, -0.25) is 4.98 Å². The van der Waals surface area contributed by atoms with Gasteiger partial charge in [0.05, 0.1) is 6.26 Å². The van der Waals surface area contributed by atoms with Gasteiger partial charge in [0.25, 0.3) is 0 Å². The predicted molar refractivity (Wildman–Crippen MR) is 49.8 cm³/mol. The zero-order valence-corrected chi connectivity index (χ0v) is 7.10. The average molecular weight is 174 g/mol. The number of nitrogens with two attached hydrogens (primary N) is 1. The van der Waals surface area contributed by atoms with Crippen molar-refractivity contribution >= 4 is 0 Å². The molecule has 13 heavy (non-hydrogen) atoms. The number of nitrogens with zero attached hydrogens (tertiary/aromatic N) is 1. The smallest absolute Gasteiger partial charge is 0.134 e. The molecule has 0 aliphatic carbocycles. The highest BCUT2D eigenvalue weighted by molar-refractivity contribution is 5.60. The first-order valence-electron chi connectivity index (χ1n) is 4.08. The number of furan rings is 1. The number of aromatic nitrogens is 1. The lowest BCUT2D eigenvalue weighted by molar-refractivity contribution is 0.581. The molecule has 3 nitrogen and oxygen atoms in total. The van der Waals surface area contributed by atoms with Crippen molar-refractivity contribution in [1.29, 1.82) is 0 Å². The first-order valence-corrected chi connectivity index (χ1v) is 4.08. The molecule has 2 aromatic heterocycles. The molecule has 3 heteroatoms. The Morgan fingerprint density at radius 2 is 2.31 bits per heavy atom. The Kier molecular flexibility index (Phi) is 2.10. The van der Waals surface area contributed by atoms with Crippen molar-refractivity contribution in [3.63, 3.8) is 0 Å². The summed E-state index contributed by atoms with van der Waals surface area (Å²) < 4.78 is 5.28. The van der Waals surface area contributed by atoms with E-state index in [0.29, 0.717) is 6.54 Å². The predicted octanol–water partition coefficient (Wildman–Crippen LogP) is 1.80. The minimum Gasteiger partial charge on any atom is -0.464 e. The highest BCUT2D eigenvalue weighted by Gasteiger charge is 2.04. The molecule has 0 unspecified atom stereocenters. The van der Waals surface area contributed by atoms with E-state index in [1.807, 2.05) is 18.2 Å². The van der Waals surface area contributed by atoms with Gasteiger partial charge in [0.1, 0.15) is 5.76 Å². The van der Waals surface area contributed by atoms with E-state index >= 15 is 0 Å². The molecule has 0 aliphatic rings. The maximum atomic E-state index is 5.58. The fourth-order valence-corrected chi connectivity index (χ4v) is 1.26. The van der Waals surface area contributed by atoms with Gasteiger partial charge >= 0.3 is 0 Å². The van der Waals surface area contributed by atoms with Crippen LogP contribution in [0.2, 0.25) is 0 Å². The molecule has 2 rings (SSSR count). The van der Waals surface area contributed by atoms with Crippen LogP contribution in [0.15, 0.2) is 41.3 Å². The van der Waals surface area contributed by atoms with Crippen LogP contribution in [0.25, 0.3) is 11.3 Å². The monoisotopic (exact) mass is 174 g/mol. The number of pyridine rings is 1. The van der Waals surface area contributed by atoms with E-state index in [-0.39, 0.29) is 0 Å². The summed E-state index contributed by atoms with van der Waals surface area (Å²) in [5, 5.41) is 0. The molecule has 0 radical (unpaired) electrons. The zero-order chi connectivity index (χ0) is 9.10. The molecule has 0 aliphatic heterocycles. The summed E-state index contributed by atoms with van der Waals surface area (Å²) in [6.07, 6.45) is 5.14. The standard InChI is InChI=1S/C10H10N2O/c11-6-8-7-12-4-3-9(8)10-2-1-5-13-10/h1-5,7H,6,11H2. The topological polar surface area (TPSA) is 52.0 Å². The van der Waals surface area contributed by atoms with Crippen LogP contribution in [-0.2, 0) is 6.54 Å². The maximum absolute atomic E-state index is 5.58. The lowest BCUT2D eigenvalue weighted by Gasteiger charge is -2.02. The quantitative estimate of drug-likeness (QED) is 0.755. The highest BCUT2D eigenvalue weighted by atomic mass is 16.3. The van der Waals surface area contributed by atoms with Crippen LogP contribution in [0, 0.1) is 0 Å². The van der Waals surface area contributed by atoms with Gasteiger partial charge in [0.2, 0.25) is 0 Å². The third-order valence-corrected chi connectivity index (χ3v) is 1.91. The van der Waals surface area contributed by atoms with Crippen LogP contribution in [0.4, 0.5) is 0 Å². The van der Waals surface area contributed by atoms with E-state index in [0.717, 1.165) is 16.9 Å². The molecule has 0 amide bonds. The maximum Gasteiger partial charge on any atom is 0.134 e. The largest absolute Gasteiger partial charge is 0.464 e. The summed E-state index contributed by atoms with van der Waals surface area (Å²) in [6.45, 7) is 0.476. The molecule has 2 N–H and O–H groups in total. The Morgan fingerprint density at radius 1 is 1.38 bits per heavy atom. The van der Waals surface area contributed by atoms with Gasteiger partial charge in [0.15, 0.2) is 0 Å². The summed E-state index contributed by atoms with van der Waals surface area (Å²) in [4.78, 5) is 4.00. The van der Waals surface area contributed by atoms with Crippen molar-refractivity contribution in [2.24, 2.45) is 5.73 Å². The van der Waals surface area contributed by atoms with Crippen LogP contribution >= 0.6 is 0 Å². The lowest BCUT2D eigenvalue weighted by atomic mass is 10.1. The third kappa shape index (κ3) is 1.46. The van der Waals surface area contributed by atoms with Crippen LogP contribution in [0.3, 0.4) is 0 Å². The summed E-state index contributed by atoms with van der Waals surface area (Å²) in [5.41, 5.74) is 7.59. The zero-order valence-electron chi connectivity index (χ0n) is 7.10. The summed E-state index contributed by atoms with van der Waals surface area (Å²) in [5.74, 6) is 0.836. The third-order valence-electron chi connectivity index (χ3n) is 1.91. The molecular weight excluding hydrogens is 164 g/mol. The first kappa shape index (κ1) is 8.01. The molecule has 0 aromatic carbocycles. The van der Waals surface area contributed by atoms with Gasteiger partial charge in [-0.15, -0.1) is 0 Å². The number of rotatable bonds is 2. The van der Waals surface area contributed by atoms with Crippen LogP contribution < -0.4 is 5.73 Å². The molecular formula is C10H10N2O. The van der Waals surface area contributed by atoms with Crippen molar-refractivity contribution < 1.29 is 4.42 Å². The number of hydrogen-bond acceptors (Lipinski definition) is 3. The SMILES string of the molecule is NCc1cnccc1-c1ccco1. The van der Waals surface area contributed by atoms with Gasteiger partial charge < -0.3 is 10.2 Å². The fourth-order valence-electron chi connectivity index (χ4n) is 1.26. The molecule has 0 spiro atoms. The first-order chi connectivity index (χ1) is 6.42. The molecule has 0 fully saturated rings. The normalized spacial score (nSPS) is 10.2. The van der Waals surface area contributed by atoms with Crippen molar-refractivity contribution in [2.45, 2.75) is 6.54 Å². The van der Waals surface area contributed by atoms with Crippen LogP contribution in [0.5, 0.6) is 0 Å². The van der Waals surface area contributed by atoms with E-state index in [1.54, 1.807) is 18.7 Å². The molecule has 66 valence electrons. The van der Waals surface area contributed by atoms with E-state index in [4.69, 9.17) is 10.2 Å². The second-order valence-electron chi connectivity index (χ2n) is 2.71. The van der Waals surface area contributed by atoms with Crippen LogP contribution in [0.1, 0.15) is 5.56 Å². The van der Waals surface area contributed by atoms with Crippen LogP contribution in [-0.4, -0.2) is 4.98 Å². The second kappa shape index (κ2) is 3.41. The Labute approximate surface area is 76.2 Å². The lowest BCUT2D eigenvalue weighted by Crippen LogP contribution is -1.98. The summed E-state index contributed by atoms with van der Waals surface area (Å²) in [7, 11) is 0. The van der Waals surface area contributed by atoms with E-state index in [9.17, 15) is 0 Å². The second-order valence-corrected chi connectivity index (χ2v) is 2.71. The van der Waals surface area contributed by atoms with Gasteiger partial charge in [-0.2, -0.15) is 0 Å². The Balaban J connectivity index is 2.51. The van der Waals surface area contributed by atoms with Gasteiger partial charge in [0, 0.05) is 24.5 Å². The molecule has 2 aromatic rings. The van der Waals surface area contributed by atoms with E-state index < -0.39 is 0 Å². The van der Waals surface area contributed by atoms with Gasteiger partial charge in [-0.25, -0.2) is 0 Å². The molecule has 2 heterocycles. The average Bonchev–Trinajstić information content (AvgIpc) is 2.70. The van der Waals surface area contributed by atoms with Gasteiger partial charge in [-0.1, -0.05) is 0 Å². The van der Waals surface area contributed by atoms with E-state index in [2.05, 4.69) is 4.98 Å². The molecule has 0 bridgehead atoms.